The van der Waals surface area contributed by atoms with Gasteiger partial charge in [0.25, 0.3) is 0 Å². The van der Waals surface area contributed by atoms with Crippen molar-refractivity contribution >= 4 is 30.7 Å². The van der Waals surface area contributed by atoms with Crippen molar-refractivity contribution in [3.8, 4) is 22.3 Å². The molecule has 2 radical (unpaired) electrons. The van der Waals surface area contributed by atoms with Gasteiger partial charge < -0.3 is 24.8 Å². The smallest absolute Gasteiger partial charge is 1.00 e. The molecule has 5 aromatic rings. The van der Waals surface area contributed by atoms with Crippen molar-refractivity contribution in [3.05, 3.63) is 114 Å². The minimum Gasteiger partial charge on any atom is -1.00 e. The molecule has 0 bridgehead atoms. The first kappa shape index (κ1) is 28.4. The van der Waals surface area contributed by atoms with Crippen LogP contribution < -0.4 is 35.2 Å². The van der Waals surface area contributed by atoms with Gasteiger partial charge in [-0.15, -0.1) is 34.0 Å². The van der Waals surface area contributed by atoms with Crippen molar-refractivity contribution in [3.63, 3.8) is 0 Å². The van der Waals surface area contributed by atoms with E-state index in [1.54, 1.807) is 0 Å². The normalized spacial score (nSPS) is 10.6. The zero-order valence-corrected chi connectivity index (χ0v) is 24.4. The first-order valence-corrected chi connectivity index (χ1v) is 11.7. The summed E-state index contributed by atoms with van der Waals surface area (Å²) in [7, 11) is 0.795. The fraction of sp³-hybridized carbons (Fsp3) is 0.100. The quantitative estimate of drug-likeness (QED) is 0.196. The molecule has 0 unspecified atom stereocenters. The van der Waals surface area contributed by atoms with Gasteiger partial charge in [-0.05, 0) is 19.4 Å². The summed E-state index contributed by atoms with van der Waals surface area (Å²) < 4.78 is 0. The summed E-state index contributed by atoms with van der Waals surface area (Å²) >= 11 is 0. The number of halogens is 2. The first-order valence-electron chi connectivity index (χ1n) is 10.7. The maximum absolute atomic E-state index is 3.31. The molecule has 1 aliphatic rings. The van der Waals surface area contributed by atoms with E-state index >= 15 is 0 Å². The molecule has 0 fully saturated rings. The molecule has 0 saturated carbocycles. The van der Waals surface area contributed by atoms with Gasteiger partial charge in [0, 0.05) is 0 Å². The summed E-state index contributed by atoms with van der Waals surface area (Å²) in [6.07, 6.45) is 0. The van der Waals surface area contributed by atoms with Crippen LogP contribution in [0.2, 0.25) is 0 Å². The molecule has 1 aliphatic heterocycles. The molecular formula is C30H24Cl2SiZr. The molecule has 4 heteroatoms. The van der Waals surface area contributed by atoms with Crippen LogP contribution in [0.25, 0.3) is 33.0 Å². The molecule has 0 atom stereocenters. The van der Waals surface area contributed by atoms with Crippen LogP contribution in [0.1, 0.15) is 16.7 Å². The second-order valence-corrected chi connectivity index (χ2v) is 9.51. The molecular weight excluding hydrogens is 551 g/mol. The summed E-state index contributed by atoms with van der Waals surface area (Å²) in [4.78, 5) is 0. The molecule has 0 amide bonds. The van der Waals surface area contributed by atoms with Gasteiger partial charge in [0.2, 0.25) is 0 Å². The van der Waals surface area contributed by atoms with E-state index in [1.165, 1.54) is 60.1 Å². The number of hydrogen-bond donors (Lipinski definition) is 0. The van der Waals surface area contributed by atoms with Crippen molar-refractivity contribution in [1.82, 2.24) is 0 Å². The third-order valence-electron chi connectivity index (χ3n) is 6.07. The van der Waals surface area contributed by atoms with Gasteiger partial charge in [-0.25, -0.2) is 0 Å². The Balaban J connectivity index is 0.000000229. The topological polar surface area (TPSA) is 0 Å². The molecule has 6 rings (SSSR count). The summed E-state index contributed by atoms with van der Waals surface area (Å²) in [5.74, 6) is 0. The molecule has 0 nitrogen and oxygen atoms in total. The predicted molar refractivity (Wildman–Crippen MR) is 135 cm³/mol. The van der Waals surface area contributed by atoms with Crippen LogP contribution in [-0.2, 0) is 26.2 Å². The van der Waals surface area contributed by atoms with Gasteiger partial charge in [-0.1, -0.05) is 89.0 Å². The summed E-state index contributed by atoms with van der Waals surface area (Å²) in [5, 5.41) is 5.56. The average Bonchev–Trinajstić information content (AvgIpc) is 3.35. The SMILES string of the molecule is Cc1cc2c(-c3ccccc3)c(C)c(C)cc2[cH-]1.[Cl-].[Cl-].[Zr+4].[c-]1cccc2c1[Si]c1ccccc1-2. The molecule has 0 aromatic heterocycles. The van der Waals surface area contributed by atoms with Gasteiger partial charge in [0.15, 0.2) is 0 Å². The number of benzene rings is 4. The summed E-state index contributed by atoms with van der Waals surface area (Å²) in [6, 6.07) is 35.7. The fourth-order valence-corrected chi connectivity index (χ4v) is 5.77. The van der Waals surface area contributed by atoms with Crippen molar-refractivity contribution < 1.29 is 51.0 Å². The summed E-state index contributed by atoms with van der Waals surface area (Å²) in [5.41, 5.74) is 9.57. The van der Waals surface area contributed by atoms with Crippen LogP contribution in [0.4, 0.5) is 0 Å². The second kappa shape index (κ2) is 12.2. The molecule has 34 heavy (non-hydrogen) atoms. The van der Waals surface area contributed by atoms with Gasteiger partial charge in [-0.2, -0.15) is 35.5 Å². The van der Waals surface area contributed by atoms with Gasteiger partial charge >= 0.3 is 26.2 Å². The molecule has 1 heterocycles. The van der Waals surface area contributed by atoms with Crippen LogP contribution in [0.15, 0.2) is 91.0 Å². The average molecular weight is 575 g/mol. The molecule has 0 aliphatic carbocycles. The largest absolute Gasteiger partial charge is 4.00 e. The third kappa shape index (κ3) is 5.52. The van der Waals surface area contributed by atoms with E-state index in [0.29, 0.717) is 0 Å². The van der Waals surface area contributed by atoms with E-state index in [1.807, 2.05) is 6.07 Å². The van der Waals surface area contributed by atoms with Crippen molar-refractivity contribution in [1.29, 1.82) is 0 Å². The number of fused-ring (bicyclic) bond motifs is 4. The first-order chi connectivity index (χ1) is 15.1. The van der Waals surface area contributed by atoms with Crippen LogP contribution in [0.3, 0.4) is 0 Å². The monoisotopic (exact) mass is 572 g/mol. The van der Waals surface area contributed by atoms with Gasteiger partial charge in [0.1, 0.15) is 0 Å². The minimum atomic E-state index is 0. The Morgan fingerprint density at radius 1 is 0.765 bits per heavy atom. The Bertz CT molecular complexity index is 1350. The second-order valence-electron chi connectivity index (χ2n) is 8.22. The van der Waals surface area contributed by atoms with Crippen molar-refractivity contribution in [2.75, 3.05) is 0 Å². The van der Waals surface area contributed by atoms with Gasteiger partial charge in [-0.3, -0.25) is 0 Å². The fourth-order valence-electron chi connectivity index (χ4n) is 4.46. The van der Waals surface area contributed by atoms with E-state index in [2.05, 4.69) is 112 Å². The standard InChI is InChI=1S/C18H17.C12H7Si.2ClH.Zr/c1-12-9-16-11-13(2)14(3)18(17(16)10-12)15-7-5-4-6-8-15;1-3-7-11-9(5-1)10-6-2-4-8-12(10)13-11;;;/h4-11H,1-3H3;1-7H;2*1H;/q2*-1;;;+4/p-2. The maximum atomic E-state index is 3.31. The van der Waals surface area contributed by atoms with Crippen LogP contribution in [-0.4, -0.2) is 9.52 Å². The van der Waals surface area contributed by atoms with Gasteiger partial charge in [0.05, 0.1) is 9.52 Å². The Hall–Kier alpha value is -1.83. The molecule has 0 spiro atoms. The molecule has 0 saturated heterocycles. The maximum Gasteiger partial charge on any atom is 4.00 e. The Morgan fingerprint density at radius 3 is 2.21 bits per heavy atom. The summed E-state index contributed by atoms with van der Waals surface area (Å²) in [6.45, 7) is 6.59. The minimum absolute atomic E-state index is 0. The Morgan fingerprint density at radius 2 is 1.44 bits per heavy atom. The van der Waals surface area contributed by atoms with E-state index in [-0.39, 0.29) is 51.0 Å². The zero-order valence-electron chi connectivity index (χ0n) is 19.4. The molecule has 0 N–H and O–H groups in total. The number of hydrogen-bond acceptors (Lipinski definition) is 0. The van der Waals surface area contributed by atoms with Crippen LogP contribution >= 0.6 is 0 Å². The van der Waals surface area contributed by atoms with Crippen molar-refractivity contribution in [2.24, 2.45) is 0 Å². The van der Waals surface area contributed by atoms with E-state index in [0.717, 1.165) is 9.52 Å². The Labute approximate surface area is 236 Å². The van der Waals surface area contributed by atoms with E-state index in [4.69, 9.17) is 0 Å². The number of rotatable bonds is 1. The molecule has 5 aromatic carbocycles. The van der Waals surface area contributed by atoms with E-state index in [9.17, 15) is 0 Å². The number of aryl methyl sites for hydroxylation is 2. The predicted octanol–water partition coefficient (Wildman–Crippen LogP) is 0.279. The van der Waals surface area contributed by atoms with Crippen molar-refractivity contribution in [2.45, 2.75) is 20.8 Å². The van der Waals surface area contributed by atoms with E-state index < -0.39 is 0 Å². The van der Waals surface area contributed by atoms with Crippen LogP contribution in [0, 0.1) is 26.8 Å². The molecule has 166 valence electrons. The zero-order chi connectivity index (χ0) is 21.4. The Kier molecular flexibility index (Phi) is 10.2. The third-order valence-corrected chi connectivity index (χ3v) is 7.44. The van der Waals surface area contributed by atoms with Crippen LogP contribution in [0.5, 0.6) is 0 Å².